The second kappa shape index (κ2) is 7.28. The SMILES string of the molecule is CCCCn1cc(CN2CCCCCC2)c2c(F)cccc21. The maximum Gasteiger partial charge on any atom is 0.132 e. The van der Waals surface area contributed by atoms with Crippen LogP contribution >= 0.6 is 0 Å². The number of hydrogen-bond acceptors (Lipinski definition) is 1. The number of aryl methyl sites for hydroxylation is 1. The van der Waals surface area contributed by atoms with Crippen LogP contribution in [0.5, 0.6) is 0 Å². The summed E-state index contributed by atoms with van der Waals surface area (Å²) in [7, 11) is 0. The molecule has 1 aliphatic heterocycles. The summed E-state index contributed by atoms with van der Waals surface area (Å²) < 4.78 is 16.6. The summed E-state index contributed by atoms with van der Waals surface area (Å²) in [4.78, 5) is 2.50. The van der Waals surface area contributed by atoms with E-state index in [0.29, 0.717) is 0 Å². The van der Waals surface area contributed by atoms with E-state index in [1.165, 1.54) is 25.7 Å². The standard InChI is InChI=1S/C19H27FN2/c1-2-3-13-22-15-16(14-21-11-6-4-5-7-12-21)19-17(20)9-8-10-18(19)22/h8-10,15H,2-7,11-14H2,1H3. The summed E-state index contributed by atoms with van der Waals surface area (Å²) in [5, 5.41) is 0.836. The predicted molar refractivity (Wildman–Crippen MR) is 90.5 cm³/mol. The Bertz CT molecular complexity index is 609. The lowest BCUT2D eigenvalue weighted by Gasteiger charge is -2.19. The van der Waals surface area contributed by atoms with Crippen LogP contribution in [0.3, 0.4) is 0 Å². The van der Waals surface area contributed by atoms with E-state index in [2.05, 4.69) is 28.7 Å². The highest BCUT2D eigenvalue weighted by atomic mass is 19.1. The largest absolute Gasteiger partial charge is 0.347 e. The lowest BCUT2D eigenvalue weighted by Crippen LogP contribution is -2.23. The second-order valence-electron chi connectivity index (χ2n) is 6.53. The van der Waals surface area contributed by atoms with Crippen LogP contribution in [0.2, 0.25) is 0 Å². The molecule has 2 heterocycles. The third-order valence-electron chi connectivity index (χ3n) is 4.78. The molecule has 22 heavy (non-hydrogen) atoms. The van der Waals surface area contributed by atoms with Gasteiger partial charge in [-0.25, -0.2) is 4.39 Å². The summed E-state index contributed by atoms with van der Waals surface area (Å²) in [6.07, 6.45) is 9.72. The van der Waals surface area contributed by atoms with Crippen LogP contribution in [0.25, 0.3) is 10.9 Å². The van der Waals surface area contributed by atoms with Crippen LogP contribution in [-0.4, -0.2) is 22.6 Å². The van der Waals surface area contributed by atoms with Crippen LogP contribution in [0.15, 0.2) is 24.4 Å². The van der Waals surface area contributed by atoms with Crippen LogP contribution in [0, 0.1) is 5.82 Å². The Balaban J connectivity index is 1.90. The van der Waals surface area contributed by atoms with E-state index in [0.717, 1.165) is 55.5 Å². The number of hydrogen-bond donors (Lipinski definition) is 0. The van der Waals surface area contributed by atoms with Crippen molar-refractivity contribution in [2.45, 2.75) is 58.5 Å². The minimum atomic E-state index is -0.0717. The number of rotatable bonds is 5. The van der Waals surface area contributed by atoms with Gasteiger partial charge in [-0.15, -0.1) is 0 Å². The van der Waals surface area contributed by atoms with Crippen LogP contribution in [0.1, 0.15) is 51.0 Å². The number of fused-ring (bicyclic) bond motifs is 1. The topological polar surface area (TPSA) is 8.17 Å². The first-order valence-electron chi connectivity index (χ1n) is 8.78. The highest BCUT2D eigenvalue weighted by molar-refractivity contribution is 5.84. The first-order chi connectivity index (χ1) is 10.8. The van der Waals surface area contributed by atoms with Gasteiger partial charge >= 0.3 is 0 Å². The smallest absolute Gasteiger partial charge is 0.132 e. The van der Waals surface area contributed by atoms with Gasteiger partial charge in [0.05, 0.1) is 5.52 Å². The summed E-state index contributed by atoms with van der Waals surface area (Å²) in [6, 6.07) is 5.48. The molecule has 0 unspecified atom stereocenters. The molecule has 1 aliphatic rings. The van der Waals surface area contributed by atoms with Crippen LogP contribution < -0.4 is 0 Å². The summed E-state index contributed by atoms with van der Waals surface area (Å²) in [6.45, 7) is 6.36. The number of nitrogens with zero attached hydrogens (tertiary/aromatic N) is 2. The Morgan fingerprint density at radius 2 is 1.86 bits per heavy atom. The molecule has 1 saturated heterocycles. The summed E-state index contributed by atoms with van der Waals surface area (Å²) in [5.74, 6) is -0.0717. The molecule has 3 heteroatoms. The molecule has 1 aromatic carbocycles. The van der Waals surface area contributed by atoms with Crippen molar-refractivity contribution in [2.75, 3.05) is 13.1 Å². The normalized spacial score (nSPS) is 17.0. The third-order valence-corrected chi connectivity index (χ3v) is 4.78. The first kappa shape index (κ1) is 15.5. The van der Waals surface area contributed by atoms with Crippen molar-refractivity contribution in [3.63, 3.8) is 0 Å². The van der Waals surface area contributed by atoms with E-state index in [1.54, 1.807) is 6.07 Å². The first-order valence-corrected chi connectivity index (χ1v) is 8.78. The van der Waals surface area contributed by atoms with Gasteiger partial charge in [-0.3, -0.25) is 4.90 Å². The van der Waals surface area contributed by atoms with Gasteiger partial charge in [-0.1, -0.05) is 32.3 Å². The fourth-order valence-electron chi connectivity index (χ4n) is 3.56. The van der Waals surface area contributed by atoms with E-state index < -0.39 is 0 Å². The van der Waals surface area contributed by atoms with Crippen LogP contribution in [0.4, 0.5) is 4.39 Å². The maximum absolute atomic E-state index is 14.4. The van der Waals surface area contributed by atoms with Gasteiger partial charge in [0, 0.05) is 24.7 Å². The van der Waals surface area contributed by atoms with Crippen molar-refractivity contribution in [3.05, 3.63) is 35.8 Å². The lowest BCUT2D eigenvalue weighted by atomic mass is 10.1. The van der Waals surface area contributed by atoms with Gasteiger partial charge in [-0.05, 0) is 50.0 Å². The number of aromatic nitrogens is 1. The minimum absolute atomic E-state index is 0.0717. The molecule has 0 spiro atoms. The average molecular weight is 302 g/mol. The molecule has 2 nitrogen and oxygen atoms in total. The molecular formula is C19H27FN2. The van der Waals surface area contributed by atoms with Crippen molar-refractivity contribution in [2.24, 2.45) is 0 Å². The quantitative estimate of drug-likeness (QED) is 0.758. The molecule has 0 atom stereocenters. The highest BCUT2D eigenvalue weighted by Gasteiger charge is 2.16. The van der Waals surface area contributed by atoms with Crippen molar-refractivity contribution in [3.8, 4) is 0 Å². The number of halogens is 1. The van der Waals surface area contributed by atoms with E-state index in [-0.39, 0.29) is 5.82 Å². The molecule has 0 N–H and O–H groups in total. The molecule has 1 aromatic heterocycles. The molecule has 0 saturated carbocycles. The van der Waals surface area contributed by atoms with Gasteiger partial charge < -0.3 is 4.57 Å². The van der Waals surface area contributed by atoms with Crippen LogP contribution in [-0.2, 0) is 13.1 Å². The fraction of sp³-hybridized carbons (Fsp3) is 0.579. The average Bonchev–Trinajstić information content (AvgIpc) is 2.70. The Morgan fingerprint density at radius 1 is 1.09 bits per heavy atom. The highest BCUT2D eigenvalue weighted by Crippen LogP contribution is 2.26. The zero-order chi connectivity index (χ0) is 15.4. The van der Waals surface area contributed by atoms with E-state index in [9.17, 15) is 4.39 Å². The van der Waals surface area contributed by atoms with Gasteiger partial charge in [0.2, 0.25) is 0 Å². The molecule has 0 bridgehead atoms. The van der Waals surface area contributed by atoms with Crippen molar-refractivity contribution in [1.29, 1.82) is 0 Å². The lowest BCUT2D eigenvalue weighted by molar-refractivity contribution is 0.277. The molecule has 2 aromatic rings. The molecular weight excluding hydrogens is 275 g/mol. The molecule has 0 aliphatic carbocycles. The monoisotopic (exact) mass is 302 g/mol. The minimum Gasteiger partial charge on any atom is -0.347 e. The predicted octanol–water partition coefficient (Wildman–Crippen LogP) is 4.96. The van der Waals surface area contributed by atoms with Gasteiger partial charge in [0.15, 0.2) is 0 Å². The number of unbranched alkanes of at least 4 members (excludes halogenated alkanes) is 1. The summed E-state index contributed by atoms with van der Waals surface area (Å²) >= 11 is 0. The third kappa shape index (κ3) is 3.35. The number of likely N-dealkylation sites (tertiary alicyclic amines) is 1. The summed E-state index contributed by atoms with van der Waals surface area (Å²) in [5.41, 5.74) is 2.21. The zero-order valence-corrected chi connectivity index (χ0v) is 13.7. The van der Waals surface area contributed by atoms with Gasteiger partial charge in [0.25, 0.3) is 0 Å². The second-order valence-corrected chi connectivity index (χ2v) is 6.53. The van der Waals surface area contributed by atoms with E-state index in [1.807, 2.05) is 6.07 Å². The number of benzene rings is 1. The van der Waals surface area contributed by atoms with Crippen molar-refractivity contribution < 1.29 is 4.39 Å². The van der Waals surface area contributed by atoms with Gasteiger partial charge in [-0.2, -0.15) is 0 Å². The Hall–Kier alpha value is -1.35. The van der Waals surface area contributed by atoms with Crippen molar-refractivity contribution >= 4 is 10.9 Å². The Labute approximate surface area is 132 Å². The molecule has 3 rings (SSSR count). The zero-order valence-electron chi connectivity index (χ0n) is 13.7. The van der Waals surface area contributed by atoms with Gasteiger partial charge in [0.1, 0.15) is 5.82 Å². The fourth-order valence-corrected chi connectivity index (χ4v) is 3.56. The maximum atomic E-state index is 14.4. The Morgan fingerprint density at radius 3 is 2.59 bits per heavy atom. The molecule has 120 valence electrons. The Kier molecular flexibility index (Phi) is 5.14. The molecule has 0 radical (unpaired) electrons. The van der Waals surface area contributed by atoms with E-state index in [4.69, 9.17) is 0 Å². The molecule has 0 amide bonds. The molecule has 1 fully saturated rings. The van der Waals surface area contributed by atoms with Crippen molar-refractivity contribution in [1.82, 2.24) is 9.47 Å². The van der Waals surface area contributed by atoms with E-state index >= 15 is 0 Å².